The van der Waals surface area contributed by atoms with E-state index in [1.165, 1.54) is 12.1 Å². The lowest BCUT2D eigenvalue weighted by atomic mass is 9.71. The van der Waals surface area contributed by atoms with Gasteiger partial charge in [0.1, 0.15) is 29.6 Å². The zero-order valence-electron chi connectivity index (χ0n) is 21.1. The highest BCUT2D eigenvalue weighted by Gasteiger charge is 2.43. The van der Waals surface area contributed by atoms with Crippen molar-refractivity contribution < 1.29 is 27.8 Å². The highest BCUT2D eigenvalue weighted by Crippen LogP contribution is 2.40. The van der Waals surface area contributed by atoms with E-state index in [9.17, 15) is 23.5 Å². The standard InChI is InChI=1S/C29H31F2NO5/c1-17-22-8-9-25(36-16-19-6-7-21(30)13-24(19)31)18(2)27(22)37-28(34)23(17)14-26(33)32-12-11-29(35)10-4-3-5-20(29)15-32/h6-9,13,20,35H,3-5,10-12,14-16H2,1-2H3. The molecule has 3 aromatic rings. The van der Waals surface area contributed by atoms with E-state index < -0.39 is 22.9 Å². The summed E-state index contributed by atoms with van der Waals surface area (Å²) in [6.07, 6.45) is 4.29. The molecular formula is C29H31F2NO5. The van der Waals surface area contributed by atoms with E-state index in [1.807, 2.05) is 0 Å². The Morgan fingerprint density at radius 2 is 1.97 bits per heavy atom. The molecule has 1 aliphatic heterocycles. The largest absolute Gasteiger partial charge is 0.488 e. The molecule has 2 aromatic carbocycles. The molecule has 37 heavy (non-hydrogen) atoms. The predicted octanol–water partition coefficient (Wildman–Crippen LogP) is 4.96. The van der Waals surface area contributed by atoms with Gasteiger partial charge >= 0.3 is 5.63 Å². The molecule has 2 heterocycles. The Kier molecular flexibility index (Phi) is 6.79. The monoisotopic (exact) mass is 511 g/mol. The fourth-order valence-corrected chi connectivity index (χ4v) is 5.79. The average molecular weight is 512 g/mol. The molecule has 6 nitrogen and oxygen atoms in total. The summed E-state index contributed by atoms with van der Waals surface area (Å²) in [5.74, 6) is -1.00. The van der Waals surface area contributed by atoms with Crippen LogP contribution in [0.2, 0.25) is 0 Å². The molecular weight excluding hydrogens is 480 g/mol. The number of carbonyl (C=O) groups excluding carboxylic acids is 1. The normalized spacial score (nSPS) is 21.6. The number of piperidine rings is 1. The van der Waals surface area contributed by atoms with Crippen LogP contribution >= 0.6 is 0 Å². The number of amides is 1. The number of nitrogens with zero attached hydrogens (tertiary/aromatic N) is 1. The van der Waals surface area contributed by atoms with Gasteiger partial charge < -0.3 is 19.2 Å². The first-order chi connectivity index (χ1) is 17.7. The molecule has 8 heteroatoms. The highest BCUT2D eigenvalue weighted by molar-refractivity contribution is 5.87. The number of ether oxygens (including phenoxy) is 1. The fraction of sp³-hybridized carbons (Fsp3) is 0.448. The fourth-order valence-electron chi connectivity index (χ4n) is 5.79. The van der Waals surface area contributed by atoms with Crippen LogP contribution in [0.15, 0.2) is 39.5 Å². The SMILES string of the molecule is Cc1c(CC(=O)N2CCC3(O)CCCCC3C2)c(=O)oc2c(C)c(OCc3ccc(F)cc3F)ccc12. The van der Waals surface area contributed by atoms with Gasteiger partial charge in [0.15, 0.2) is 0 Å². The summed E-state index contributed by atoms with van der Waals surface area (Å²) in [5.41, 5.74) is 0.874. The molecule has 0 radical (unpaired) electrons. The molecule has 0 spiro atoms. The van der Waals surface area contributed by atoms with E-state index in [2.05, 4.69) is 0 Å². The van der Waals surface area contributed by atoms with E-state index in [1.54, 1.807) is 30.9 Å². The van der Waals surface area contributed by atoms with Crippen molar-refractivity contribution >= 4 is 16.9 Å². The maximum absolute atomic E-state index is 14.0. The summed E-state index contributed by atoms with van der Waals surface area (Å²) in [6.45, 7) is 4.43. The molecule has 1 aliphatic carbocycles. The first kappa shape index (κ1) is 25.4. The lowest BCUT2D eigenvalue weighted by Crippen LogP contribution is -2.55. The zero-order chi connectivity index (χ0) is 26.3. The molecule has 196 valence electrons. The van der Waals surface area contributed by atoms with Crippen LogP contribution in [0.5, 0.6) is 5.75 Å². The van der Waals surface area contributed by atoms with Crippen molar-refractivity contribution in [3.63, 3.8) is 0 Å². The van der Waals surface area contributed by atoms with E-state index in [-0.39, 0.29) is 30.4 Å². The van der Waals surface area contributed by atoms with Gasteiger partial charge in [-0.05, 0) is 62.9 Å². The highest BCUT2D eigenvalue weighted by atomic mass is 19.1. The molecule has 5 rings (SSSR count). The third kappa shape index (κ3) is 4.87. The Morgan fingerprint density at radius 1 is 1.16 bits per heavy atom. The van der Waals surface area contributed by atoms with Gasteiger partial charge in [0.05, 0.1) is 17.6 Å². The van der Waals surface area contributed by atoms with Gasteiger partial charge in [0.25, 0.3) is 0 Å². The van der Waals surface area contributed by atoms with Crippen molar-refractivity contribution in [2.45, 2.75) is 64.6 Å². The van der Waals surface area contributed by atoms with Gasteiger partial charge in [-0.2, -0.15) is 0 Å². The molecule has 2 fully saturated rings. The third-order valence-corrected chi connectivity index (χ3v) is 8.16. The van der Waals surface area contributed by atoms with Gasteiger partial charge in [0.2, 0.25) is 5.91 Å². The van der Waals surface area contributed by atoms with Crippen LogP contribution in [0.3, 0.4) is 0 Å². The Labute approximate surface area is 213 Å². The molecule has 0 bridgehead atoms. The Morgan fingerprint density at radius 3 is 2.76 bits per heavy atom. The van der Waals surface area contributed by atoms with Crippen molar-refractivity contribution in [1.29, 1.82) is 0 Å². The summed E-state index contributed by atoms with van der Waals surface area (Å²) >= 11 is 0. The summed E-state index contributed by atoms with van der Waals surface area (Å²) in [4.78, 5) is 27.9. The third-order valence-electron chi connectivity index (χ3n) is 8.16. The van der Waals surface area contributed by atoms with Crippen molar-refractivity contribution in [2.24, 2.45) is 5.92 Å². The minimum Gasteiger partial charge on any atom is -0.488 e. The van der Waals surface area contributed by atoms with Crippen LogP contribution in [0.25, 0.3) is 11.0 Å². The Bertz CT molecular complexity index is 1420. The first-order valence-corrected chi connectivity index (χ1v) is 12.8. The lowest BCUT2D eigenvalue weighted by molar-refractivity contribution is -0.142. The van der Waals surface area contributed by atoms with E-state index in [4.69, 9.17) is 9.15 Å². The minimum absolute atomic E-state index is 0.0591. The smallest absolute Gasteiger partial charge is 0.340 e. The number of fused-ring (bicyclic) bond motifs is 2. The second-order valence-corrected chi connectivity index (χ2v) is 10.4. The van der Waals surface area contributed by atoms with Gasteiger partial charge in [-0.25, -0.2) is 13.6 Å². The molecule has 1 aromatic heterocycles. The van der Waals surface area contributed by atoms with Gasteiger partial charge in [0, 0.05) is 41.6 Å². The number of carbonyl (C=O) groups is 1. The number of benzene rings is 2. The second kappa shape index (κ2) is 9.89. The van der Waals surface area contributed by atoms with Crippen LogP contribution in [-0.4, -0.2) is 34.6 Å². The van der Waals surface area contributed by atoms with Gasteiger partial charge in [-0.3, -0.25) is 4.79 Å². The van der Waals surface area contributed by atoms with Crippen molar-refractivity contribution in [1.82, 2.24) is 4.90 Å². The lowest BCUT2D eigenvalue weighted by Gasteiger charge is -2.47. The molecule has 1 N–H and O–H groups in total. The van der Waals surface area contributed by atoms with Crippen molar-refractivity contribution in [2.75, 3.05) is 13.1 Å². The summed E-state index contributed by atoms with van der Waals surface area (Å²) in [7, 11) is 0. The number of hydrogen-bond acceptors (Lipinski definition) is 5. The molecule has 2 aliphatic rings. The number of halogens is 2. The predicted molar refractivity (Wildman–Crippen MR) is 134 cm³/mol. The number of hydrogen-bond donors (Lipinski definition) is 1. The molecule has 1 saturated carbocycles. The van der Waals surface area contributed by atoms with Gasteiger partial charge in [-0.1, -0.05) is 12.8 Å². The number of aliphatic hydroxyl groups is 1. The number of likely N-dealkylation sites (tertiary alicyclic amines) is 1. The molecule has 2 atom stereocenters. The number of aryl methyl sites for hydroxylation is 2. The van der Waals surface area contributed by atoms with E-state index in [0.717, 1.165) is 31.7 Å². The second-order valence-electron chi connectivity index (χ2n) is 10.4. The van der Waals surface area contributed by atoms with Crippen LogP contribution in [0, 0.1) is 31.4 Å². The van der Waals surface area contributed by atoms with E-state index >= 15 is 0 Å². The van der Waals surface area contributed by atoms with E-state index in [0.29, 0.717) is 52.9 Å². The zero-order valence-corrected chi connectivity index (χ0v) is 21.1. The van der Waals surface area contributed by atoms with Crippen LogP contribution in [0.1, 0.15) is 54.4 Å². The minimum atomic E-state index is -0.697. The topological polar surface area (TPSA) is 80.0 Å². The maximum Gasteiger partial charge on any atom is 0.340 e. The van der Waals surface area contributed by atoms with Crippen LogP contribution in [0.4, 0.5) is 8.78 Å². The molecule has 1 saturated heterocycles. The summed E-state index contributed by atoms with van der Waals surface area (Å²) in [5, 5.41) is 11.6. The quantitative estimate of drug-likeness (QED) is 0.490. The first-order valence-electron chi connectivity index (χ1n) is 12.8. The molecule has 2 unspecified atom stereocenters. The van der Waals surface area contributed by atoms with Gasteiger partial charge in [-0.15, -0.1) is 0 Å². The van der Waals surface area contributed by atoms with Crippen molar-refractivity contribution in [3.8, 4) is 5.75 Å². The van der Waals surface area contributed by atoms with Crippen LogP contribution in [-0.2, 0) is 17.8 Å². The maximum atomic E-state index is 14.0. The molecule has 1 amide bonds. The Balaban J connectivity index is 1.35. The Hall–Kier alpha value is -3.26. The van der Waals surface area contributed by atoms with Crippen LogP contribution < -0.4 is 10.4 Å². The van der Waals surface area contributed by atoms with Crippen molar-refractivity contribution in [3.05, 3.63) is 74.6 Å². The number of rotatable bonds is 5. The summed E-state index contributed by atoms with van der Waals surface area (Å²) in [6, 6.07) is 6.77. The average Bonchev–Trinajstić information content (AvgIpc) is 2.86. The summed E-state index contributed by atoms with van der Waals surface area (Å²) < 4.78 is 38.5.